The van der Waals surface area contributed by atoms with Gasteiger partial charge in [-0.25, -0.2) is 17.5 Å². The van der Waals surface area contributed by atoms with Crippen LogP contribution in [0.15, 0.2) is 85.7 Å². The molecule has 0 atom stereocenters. The van der Waals surface area contributed by atoms with Crippen molar-refractivity contribution in [2.24, 2.45) is 0 Å². The van der Waals surface area contributed by atoms with Crippen molar-refractivity contribution in [2.45, 2.75) is 5.75 Å². The Kier molecular flexibility index (Phi) is 8.06. The van der Waals surface area contributed by atoms with Gasteiger partial charge in [-0.15, -0.1) is 6.58 Å². The maximum atomic E-state index is 14.3. The third-order valence-corrected chi connectivity index (χ3v) is 5.59. The zero-order valence-corrected chi connectivity index (χ0v) is 18.4. The Morgan fingerprint density at radius 2 is 1.94 bits per heavy atom. The second-order valence-corrected chi connectivity index (χ2v) is 8.70. The van der Waals surface area contributed by atoms with Gasteiger partial charge in [0.05, 0.1) is 11.9 Å². The van der Waals surface area contributed by atoms with Crippen LogP contribution in [0.5, 0.6) is 11.5 Å². The average molecular weight is 468 g/mol. The van der Waals surface area contributed by atoms with Crippen LogP contribution in [-0.2, 0) is 20.6 Å². The normalized spacial score (nSPS) is 11.3. The van der Waals surface area contributed by atoms with Gasteiger partial charge >= 0.3 is 0 Å². The summed E-state index contributed by atoms with van der Waals surface area (Å²) >= 11 is 0. The van der Waals surface area contributed by atoms with Crippen molar-refractivity contribution >= 4 is 27.7 Å². The summed E-state index contributed by atoms with van der Waals surface area (Å²) in [5, 5.41) is 2.67. The van der Waals surface area contributed by atoms with Crippen LogP contribution in [0.4, 0.5) is 10.1 Å². The molecular weight excluding hydrogens is 445 g/mol. The number of aromatic nitrogens is 1. The molecule has 7 nitrogen and oxygen atoms in total. The molecule has 9 heteroatoms. The first-order chi connectivity index (χ1) is 15.8. The number of carbonyl (C=O) groups excluding carboxylic acids is 1. The monoisotopic (exact) mass is 467 g/mol. The van der Waals surface area contributed by atoms with E-state index in [1.165, 1.54) is 36.6 Å². The van der Waals surface area contributed by atoms with Crippen molar-refractivity contribution in [1.29, 1.82) is 0 Å². The quantitative estimate of drug-likeness (QED) is 0.343. The molecule has 0 spiro atoms. The van der Waals surface area contributed by atoms with E-state index in [0.29, 0.717) is 22.6 Å². The fourth-order valence-electron chi connectivity index (χ4n) is 2.73. The van der Waals surface area contributed by atoms with Crippen LogP contribution in [-0.4, -0.2) is 25.9 Å². The van der Waals surface area contributed by atoms with Crippen molar-refractivity contribution in [1.82, 2.24) is 9.71 Å². The lowest BCUT2D eigenvalue weighted by Gasteiger charge is -2.07. The van der Waals surface area contributed by atoms with Crippen LogP contribution >= 0.6 is 0 Å². The maximum absolute atomic E-state index is 14.3. The largest absolute Gasteiger partial charge is 0.453 e. The summed E-state index contributed by atoms with van der Waals surface area (Å²) < 4.78 is 45.9. The summed E-state index contributed by atoms with van der Waals surface area (Å²) in [5.41, 5.74) is 1.55. The van der Waals surface area contributed by atoms with E-state index >= 15 is 0 Å². The number of amides is 1. The Hall–Kier alpha value is -3.82. The lowest BCUT2D eigenvalue weighted by Crippen LogP contribution is -2.25. The number of hydrogen-bond acceptors (Lipinski definition) is 5. The van der Waals surface area contributed by atoms with Gasteiger partial charge in [-0.2, -0.15) is 0 Å². The molecule has 3 rings (SSSR count). The summed E-state index contributed by atoms with van der Waals surface area (Å²) in [4.78, 5) is 16.1. The van der Waals surface area contributed by atoms with Crippen molar-refractivity contribution in [3.05, 3.63) is 103 Å². The molecule has 0 saturated heterocycles. The number of hydrogen-bond donors (Lipinski definition) is 2. The minimum Gasteiger partial charge on any atom is -0.453 e. The van der Waals surface area contributed by atoms with Crippen molar-refractivity contribution in [3.8, 4) is 11.5 Å². The van der Waals surface area contributed by atoms with E-state index in [9.17, 15) is 17.6 Å². The Bertz CT molecular complexity index is 1240. The van der Waals surface area contributed by atoms with Gasteiger partial charge in [-0.1, -0.05) is 24.3 Å². The smallest absolute Gasteiger partial charge is 0.248 e. The van der Waals surface area contributed by atoms with Gasteiger partial charge in [0.2, 0.25) is 15.9 Å². The Morgan fingerprint density at radius 3 is 2.61 bits per heavy atom. The molecule has 3 aromatic rings. The molecule has 1 amide bonds. The zero-order chi connectivity index (χ0) is 23.7. The molecule has 0 aliphatic carbocycles. The molecule has 0 radical (unpaired) electrons. The lowest BCUT2D eigenvalue weighted by atomic mass is 10.2. The van der Waals surface area contributed by atoms with Gasteiger partial charge in [0.15, 0.2) is 11.6 Å². The molecular formula is C24H22FN3O4S. The summed E-state index contributed by atoms with van der Waals surface area (Å²) in [6.45, 7) is 3.63. The first-order valence-electron chi connectivity index (χ1n) is 9.88. The number of ether oxygens (including phenoxy) is 1. The molecule has 1 heterocycles. The molecule has 2 aromatic carbocycles. The highest BCUT2D eigenvalue weighted by molar-refractivity contribution is 7.88. The molecule has 0 aliphatic heterocycles. The number of nitrogens with zero attached hydrogens (tertiary/aromatic N) is 1. The maximum Gasteiger partial charge on any atom is 0.248 e. The molecule has 0 bridgehead atoms. The first-order valence-corrected chi connectivity index (χ1v) is 11.5. The second-order valence-electron chi connectivity index (χ2n) is 6.90. The predicted molar refractivity (Wildman–Crippen MR) is 126 cm³/mol. The molecule has 0 fully saturated rings. The minimum absolute atomic E-state index is 0.0476. The summed E-state index contributed by atoms with van der Waals surface area (Å²) in [6.07, 6.45) is 7.27. The average Bonchev–Trinajstić information content (AvgIpc) is 2.80. The van der Waals surface area contributed by atoms with Gasteiger partial charge in [-0.3, -0.25) is 9.78 Å². The number of pyridine rings is 1. The third kappa shape index (κ3) is 7.67. The highest BCUT2D eigenvalue weighted by atomic mass is 32.2. The third-order valence-electron chi connectivity index (χ3n) is 4.27. The molecule has 0 saturated carbocycles. The van der Waals surface area contributed by atoms with Crippen molar-refractivity contribution in [3.63, 3.8) is 0 Å². The fourth-order valence-corrected chi connectivity index (χ4v) is 3.84. The number of sulfonamides is 1. The standard InChI is InChI=1S/C24H22FN3O4S/c1-2-13-27-33(30,31)17-19-5-9-20(10-6-19)28-24(29)12-8-18-7-11-23(22(25)15-18)32-21-4-3-14-26-16-21/h2-12,14-16,27H,1,13,17H2,(H,28,29)/b12-8+. The van der Waals surface area contributed by atoms with Crippen LogP contribution in [0.3, 0.4) is 0 Å². The second kappa shape index (κ2) is 11.2. The van der Waals surface area contributed by atoms with Gasteiger partial charge in [0, 0.05) is 24.5 Å². The number of benzene rings is 2. The van der Waals surface area contributed by atoms with E-state index in [2.05, 4.69) is 21.6 Å². The highest BCUT2D eigenvalue weighted by Crippen LogP contribution is 2.25. The van der Waals surface area contributed by atoms with E-state index in [4.69, 9.17) is 4.74 Å². The van der Waals surface area contributed by atoms with Crippen LogP contribution in [0, 0.1) is 5.82 Å². The van der Waals surface area contributed by atoms with Crippen molar-refractivity contribution < 1.29 is 22.3 Å². The molecule has 0 unspecified atom stereocenters. The fraction of sp³-hybridized carbons (Fsp3) is 0.0833. The predicted octanol–water partition coefficient (Wildman–Crippen LogP) is 4.27. The Morgan fingerprint density at radius 1 is 1.15 bits per heavy atom. The van der Waals surface area contributed by atoms with E-state index in [1.54, 1.807) is 48.7 Å². The van der Waals surface area contributed by atoms with Gasteiger partial charge in [0.25, 0.3) is 0 Å². The van der Waals surface area contributed by atoms with Gasteiger partial charge in [-0.05, 0) is 53.6 Å². The van der Waals surface area contributed by atoms with E-state index < -0.39 is 21.7 Å². The molecule has 33 heavy (non-hydrogen) atoms. The van der Waals surface area contributed by atoms with Crippen LogP contribution in [0.2, 0.25) is 0 Å². The SMILES string of the molecule is C=CCNS(=O)(=O)Cc1ccc(NC(=O)/C=C/c2ccc(Oc3cccnc3)c(F)c2)cc1. The van der Waals surface area contributed by atoms with E-state index in [0.717, 1.165) is 0 Å². The van der Waals surface area contributed by atoms with Crippen LogP contribution in [0.25, 0.3) is 6.08 Å². The number of anilines is 1. The topological polar surface area (TPSA) is 97.4 Å². The molecule has 1 aromatic heterocycles. The van der Waals surface area contributed by atoms with Crippen molar-refractivity contribution in [2.75, 3.05) is 11.9 Å². The van der Waals surface area contributed by atoms with Gasteiger partial charge < -0.3 is 10.1 Å². The first kappa shape index (κ1) is 23.8. The van der Waals surface area contributed by atoms with E-state index in [1.807, 2.05) is 0 Å². The van der Waals surface area contributed by atoms with Crippen LogP contribution < -0.4 is 14.8 Å². The molecule has 0 aliphatic rings. The molecule has 170 valence electrons. The summed E-state index contributed by atoms with van der Waals surface area (Å²) in [6, 6.07) is 14.1. The number of halogens is 1. The summed E-state index contributed by atoms with van der Waals surface area (Å²) in [7, 11) is -3.46. The number of nitrogens with one attached hydrogen (secondary N) is 2. The van der Waals surface area contributed by atoms with E-state index in [-0.39, 0.29) is 18.0 Å². The van der Waals surface area contributed by atoms with Gasteiger partial charge in [0.1, 0.15) is 5.75 Å². The lowest BCUT2D eigenvalue weighted by molar-refractivity contribution is -0.111. The summed E-state index contributed by atoms with van der Waals surface area (Å²) in [5.74, 6) is -0.711. The van der Waals surface area contributed by atoms with Crippen LogP contribution in [0.1, 0.15) is 11.1 Å². The number of carbonyl (C=O) groups is 1. The zero-order valence-electron chi connectivity index (χ0n) is 17.6. The minimum atomic E-state index is -3.46. The number of rotatable bonds is 10. The Labute approximate surface area is 191 Å². The molecule has 2 N–H and O–H groups in total. The Balaban J connectivity index is 1.56. The highest BCUT2D eigenvalue weighted by Gasteiger charge is 2.10.